The summed E-state index contributed by atoms with van der Waals surface area (Å²) in [5.41, 5.74) is 1.91. The number of epoxide rings is 4. The average Bonchev–Trinajstić information content (AvgIpc) is 3.83. The molecule has 8 heteroatoms. The van der Waals surface area contributed by atoms with Gasteiger partial charge in [0, 0.05) is 17.5 Å². The number of hydrogen-bond donors (Lipinski definition) is 0. The second kappa shape index (κ2) is 10.7. The van der Waals surface area contributed by atoms with Crippen molar-refractivity contribution in [3.63, 3.8) is 0 Å². The minimum absolute atomic E-state index is 0.123. The van der Waals surface area contributed by atoms with E-state index >= 15 is 0 Å². The first-order chi connectivity index (χ1) is 20.3. The Kier molecular flexibility index (Phi) is 6.56. The van der Waals surface area contributed by atoms with Crippen LogP contribution >= 0.6 is 0 Å². The van der Waals surface area contributed by atoms with Gasteiger partial charge in [0.25, 0.3) is 0 Å². The quantitative estimate of drug-likeness (QED) is 0.197. The van der Waals surface area contributed by atoms with Crippen LogP contribution in [-0.2, 0) is 18.9 Å². The van der Waals surface area contributed by atoms with Gasteiger partial charge < -0.3 is 37.9 Å². The van der Waals surface area contributed by atoms with E-state index in [0.717, 1.165) is 88.5 Å². The molecule has 0 aromatic heterocycles. The van der Waals surface area contributed by atoms with Crippen molar-refractivity contribution in [2.45, 2.75) is 30.8 Å². The van der Waals surface area contributed by atoms with Gasteiger partial charge in [0.05, 0.1) is 39.1 Å². The van der Waals surface area contributed by atoms with Crippen molar-refractivity contribution in [1.29, 1.82) is 0 Å². The summed E-state index contributed by atoms with van der Waals surface area (Å²) in [7, 11) is 0. The highest BCUT2D eigenvalue weighted by atomic mass is 16.6. The molecule has 0 spiro atoms. The van der Waals surface area contributed by atoms with Gasteiger partial charge in [-0.1, -0.05) is 24.3 Å². The first-order valence-electron chi connectivity index (χ1n) is 14.4. The molecule has 0 bridgehead atoms. The summed E-state index contributed by atoms with van der Waals surface area (Å²) in [6.07, 6.45) is 1.62. The lowest BCUT2D eigenvalue weighted by molar-refractivity contribution is 0.261. The molecular weight excluding hydrogens is 524 g/mol. The summed E-state index contributed by atoms with van der Waals surface area (Å²) in [5, 5.41) is 4.21. The van der Waals surface area contributed by atoms with Crippen LogP contribution in [-0.4, -0.2) is 77.3 Å². The number of benzene rings is 4. The SMILES string of the molecule is c1cc2ccc(OCC3CO3)c(-c3c(OCC4CO4)ccc4ccc(OCC5CO5)cc34)c2cc1OCCC1CO1. The van der Waals surface area contributed by atoms with Crippen LogP contribution in [0.5, 0.6) is 23.0 Å². The second-order valence-electron chi connectivity index (χ2n) is 11.0. The molecule has 8 nitrogen and oxygen atoms in total. The van der Waals surface area contributed by atoms with E-state index in [1.165, 1.54) is 0 Å². The van der Waals surface area contributed by atoms with Crippen molar-refractivity contribution in [3.8, 4) is 34.1 Å². The standard InChI is InChI=1S/C33H32O8/c1-5-22(34-10-9-24-13-36-24)11-28-20(1)3-7-30(40-18-26-16-38-26)32(28)33-29-12-23(35-14-25-15-37-25)6-2-21(29)4-8-31(33)41-19-27-17-39-27/h1-8,11-12,24-27H,9-10,13-19H2. The van der Waals surface area contributed by atoms with Gasteiger partial charge in [0.1, 0.15) is 61.1 Å². The number of rotatable bonds is 14. The fourth-order valence-electron chi connectivity index (χ4n) is 5.08. The highest BCUT2D eigenvalue weighted by Crippen LogP contribution is 2.47. The van der Waals surface area contributed by atoms with Crippen LogP contribution < -0.4 is 18.9 Å². The Balaban J connectivity index is 1.27. The van der Waals surface area contributed by atoms with Gasteiger partial charge in [-0.05, 0) is 57.9 Å². The van der Waals surface area contributed by atoms with Gasteiger partial charge in [-0.25, -0.2) is 0 Å². The van der Waals surface area contributed by atoms with Crippen LogP contribution in [0.1, 0.15) is 6.42 Å². The fourth-order valence-corrected chi connectivity index (χ4v) is 5.08. The van der Waals surface area contributed by atoms with Crippen molar-refractivity contribution >= 4 is 21.5 Å². The summed E-state index contributed by atoms with van der Waals surface area (Å²) in [4.78, 5) is 0. The summed E-state index contributed by atoms with van der Waals surface area (Å²) in [6, 6.07) is 20.7. The van der Waals surface area contributed by atoms with Crippen LogP contribution in [0, 0.1) is 0 Å². The van der Waals surface area contributed by atoms with Gasteiger partial charge >= 0.3 is 0 Å². The zero-order valence-corrected chi connectivity index (χ0v) is 22.7. The summed E-state index contributed by atoms with van der Waals surface area (Å²) in [6.45, 7) is 5.14. The third-order valence-electron chi connectivity index (χ3n) is 7.76. The van der Waals surface area contributed by atoms with E-state index in [9.17, 15) is 0 Å². The van der Waals surface area contributed by atoms with Crippen molar-refractivity contribution in [1.82, 2.24) is 0 Å². The molecular formula is C33H32O8. The van der Waals surface area contributed by atoms with E-state index in [0.29, 0.717) is 32.5 Å². The van der Waals surface area contributed by atoms with Crippen LogP contribution in [0.15, 0.2) is 60.7 Å². The van der Waals surface area contributed by atoms with Crippen LogP contribution in [0.25, 0.3) is 32.7 Å². The van der Waals surface area contributed by atoms with E-state index in [1.807, 2.05) is 24.3 Å². The van der Waals surface area contributed by atoms with Gasteiger partial charge in [-0.3, -0.25) is 0 Å². The minimum Gasteiger partial charge on any atom is -0.493 e. The maximum atomic E-state index is 6.43. The van der Waals surface area contributed by atoms with Crippen LogP contribution in [0.4, 0.5) is 0 Å². The molecule has 0 radical (unpaired) electrons. The van der Waals surface area contributed by atoms with Crippen LogP contribution in [0.3, 0.4) is 0 Å². The molecule has 0 amide bonds. The lowest BCUT2D eigenvalue weighted by atomic mass is 9.92. The summed E-state index contributed by atoms with van der Waals surface area (Å²) >= 11 is 0. The predicted octanol–water partition coefficient (Wildman–Crippen LogP) is 5.16. The monoisotopic (exact) mass is 556 g/mol. The first-order valence-corrected chi connectivity index (χ1v) is 14.4. The molecule has 8 rings (SSSR count). The Labute approximate surface area is 237 Å². The Morgan fingerprint density at radius 2 is 0.951 bits per heavy atom. The van der Waals surface area contributed by atoms with Gasteiger partial charge in [-0.2, -0.15) is 0 Å². The van der Waals surface area contributed by atoms with Gasteiger partial charge in [0.2, 0.25) is 0 Å². The number of hydrogen-bond acceptors (Lipinski definition) is 8. The molecule has 4 saturated heterocycles. The smallest absolute Gasteiger partial charge is 0.128 e. The lowest BCUT2D eigenvalue weighted by Crippen LogP contribution is -2.08. The first kappa shape index (κ1) is 25.2. The van der Waals surface area contributed by atoms with Crippen molar-refractivity contribution in [2.24, 2.45) is 0 Å². The maximum Gasteiger partial charge on any atom is 0.128 e. The van der Waals surface area contributed by atoms with Crippen molar-refractivity contribution < 1.29 is 37.9 Å². The van der Waals surface area contributed by atoms with Gasteiger partial charge in [0.15, 0.2) is 0 Å². The molecule has 212 valence electrons. The zero-order valence-electron chi connectivity index (χ0n) is 22.7. The summed E-state index contributed by atoms with van der Waals surface area (Å²) in [5.74, 6) is 3.14. The molecule has 41 heavy (non-hydrogen) atoms. The Morgan fingerprint density at radius 3 is 1.44 bits per heavy atom. The number of ether oxygens (including phenoxy) is 8. The molecule has 0 N–H and O–H groups in total. The molecule has 4 aromatic carbocycles. The van der Waals surface area contributed by atoms with Crippen LogP contribution in [0.2, 0.25) is 0 Å². The second-order valence-corrected chi connectivity index (χ2v) is 11.0. The van der Waals surface area contributed by atoms with E-state index in [1.54, 1.807) is 0 Å². The molecule has 4 unspecified atom stereocenters. The molecule has 0 saturated carbocycles. The van der Waals surface area contributed by atoms with E-state index in [2.05, 4.69) is 36.4 Å². The highest BCUT2D eigenvalue weighted by molar-refractivity contribution is 6.10. The van der Waals surface area contributed by atoms with E-state index in [4.69, 9.17) is 37.9 Å². The third kappa shape index (κ3) is 5.92. The van der Waals surface area contributed by atoms with Crippen molar-refractivity contribution in [2.75, 3.05) is 52.9 Å². The Morgan fingerprint density at radius 1 is 0.512 bits per heavy atom. The highest BCUT2D eigenvalue weighted by Gasteiger charge is 2.28. The van der Waals surface area contributed by atoms with Crippen molar-refractivity contribution in [3.05, 3.63) is 60.7 Å². The molecule has 4 atom stereocenters. The normalized spacial score (nSPS) is 23.8. The maximum absolute atomic E-state index is 6.43. The third-order valence-corrected chi connectivity index (χ3v) is 7.76. The van der Waals surface area contributed by atoms with E-state index < -0.39 is 0 Å². The topological polar surface area (TPSA) is 87.0 Å². The lowest BCUT2D eigenvalue weighted by Gasteiger charge is -2.20. The van der Waals surface area contributed by atoms with E-state index in [-0.39, 0.29) is 18.3 Å². The molecule has 4 heterocycles. The largest absolute Gasteiger partial charge is 0.493 e. The number of fused-ring (bicyclic) bond motifs is 2. The van der Waals surface area contributed by atoms with Gasteiger partial charge in [-0.15, -0.1) is 0 Å². The minimum atomic E-state index is 0.123. The molecule has 4 aliphatic rings. The Bertz CT molecular complexity index is 1560. The zero-order chi connectivity index (χ0) is 27.2. The molecule has 0 aliphatic carbocycles. The summed E-state index contributed by atoms with van der Waals surface area (Å²) < 4.78 is 46.8. The molecule has 4 aliphatic heterocycles. The molecule has 4 aromatic rings. The predicted molar refractivity (Wildman–Crippen MR) is 152 cm³/mol. The Hall–Kier alpha value is -3.56. The molecule has 4 fully saturated rings. The average molecular weight is 557 g/mol. The fraction of sp³-hybridized carbons (Fsp3) is 0.394.